The number of rotatable bonds is 8. The highest BCUT2D eigenvalue weighted by Gasteiger charge is 2.25. The number of benzene rings is 3. The van der Waals surface area contributed by atoms with Crippen LogP contribution in [0.3, 0.4) is 0 Å². The fourth-order valence-corrected chi connectivity index (χ4v) is 5.23. The molecule has 1 atom stereocenters. The van der Waals surface area contributed by atoms with Gasteiger partial charge in [0.25, 0.3) is 0 Å². The van der Waals surface area contributed by atoms with E-state index in [-0.39, 0.29) is 10.9 Å². The molecule has 0 spiro atoms. The highest BCUT2D eigenvalue weighted by atomic mass is 32.2. The summed E-state index contributed by atoms with van der Waals surface area (Å²) in [7, 11) is -1.95. The van der Waals surface area contributed by atoms with E-state index in [4.69, 9.17) is 4.74 Å². The molecule has 0 aromatic heterocycles. The Morgan fingerprint density at radius 3 is 2.03 bits per heavy atom. The Morgan fingerprint density at radius 2 is 1.44 bits per heavy atom. The molecular weight excluding hydrogens is 422 g/mol. The lowest BCUT2D eigenvalue weighted by atomic mass is 10.1. The predicted octanol–water partition coefficient (Wildman–Crippen LogP) is 3.54. The maximum Gasteiger partial charge on any atom is 0.241 e. The van der Waals surface area contributed by atoms with E-state index in [2.05, 4.69) is 26.7 Å². The standard InChI is InChI=1S/C25H29N3O3S/c1-31-23-14-12-22(13-15-23)28-18-16-27(17-19-28)20-25(21-8-4-2-5-9-21)26-32(29,30)24-10-6-3-7-11-24/h2-15,25-26H,16-20H2,1H3. The largest absolute Gasteiger partial charge is 0.497 e. The molecule has 1 N–H and O–H groups in total. The van der Waals surface area contributed by atoms with Gasteiger partial charge in [0.05, 0.1) is 18.0 Å². The lowest BCUT2D eigenvalue weighted by molar-refractivity contribution is 0.238. The number of ether oxygens (including phenoxy) is 1. The van der Waals surface area contributed by atoms with Crippen LogP contribution in [-0.4, -0.2) is 53.2 Å². The van der Waals surface area contributed by atoms with Crippen molar-refractivity contribution in [2.24, 2.45) is 0 Å². The highest BCUT2D eigenvalue weighted by molar-refractivity contribution is 7.89. The van der Waals surface area contributed by atoms with Crippen LogP contribution < -0.4 is 14.4 Å². The van der Waals surface area contributed by atoms with Crippen LogP contribution in [0.5, 0.6) is 5.75 Å². The molecule has 1 heterocycles. The topological polar surface area (TPSA) is 61.9 Å². The first-order valence-corrected chi connectivity index (χ1v) is 12.3. The second kappa shape index (κ2) is 10.2. The quantitative estimate of drug-likeness (QED) is 0.568. The maximum absolute atomic E-state index is 13.0. The van der Waals surface area contributed by atoms with Gasteiger partial charge in [-0.3, -0.25) is 4.90 Å². The zero-order valence-corrected chi connectivity index (χ0v) is 19.0. The van der Waals surface area contributed by atoms with Gasteiger partial charge in [0.1, 0.15) is 5.75 Å². The van der Waals surface area contributed by atoms with Crippen molar-refractivity contribution in [1.82, 2.24) is 9.62 Å². The third-order valence-corrected chi connectivity index (χ3v) is 7.29. The second-order valence-electron chi connectivity index (χ2n) is 7.88. The van der Waals surface area contributed by atoms with Gasteiger partial charge in [-0.15, -0.1) is 0 Å². The molecule has 1 aliphatic rings. The molecular formula is C25H29N3O3S. The molecule has 1 fully saturated rings. The number of hydrogen-bond donors (Lipinski definition) is 1. The van der Waals surface area contributed by atoms with Crippen molar-refractivity contribution in [1.29, 1.82) is 0 Å². The zero-order chi connectivity index (χ0) is 22.4. The Labute approximate surface area is 190 Å². The summed E-state index contributed by atoms with van der Waals surface area (Å²) >= 11 is 0. The molecule has 1 unspecified atom stereocenters. The lowest BCUT2D eigenvalue weighted by Gasteiger charge is -2.37. The molecule has 32 heavy (non-hydrogen) atoms. The molecule has 0 saturated carbocycles. The van der Waals surface area contributed by atoms with Crippen LogP contribution in [0.1, 0.15) is 11.6 Å². The van der Waals surface area contributed by atoms with Gasteiger partial charge >= 0.3 is 0 Å². The smallest absolute Gasteiger partial charge is 0.241 e. The number of nitrogens with one attached hydrogen (secondary N) is 1. The van der Waals surface area contributed by atoms with Crippen LogP contribution in [0.15, 0.2) is 89.8 Å². The van der Waals surface area contributed by atoms with Gasteiger partial charge < -0.3 is 9.64 Å². The SMILES string of the molecule is COc1ccc(N2CCN(CC(NS(=O)(=O)c3ccccc3)c3ccccc3)CC2)cc1. The number of hydrogen-bond acceptors (Lipinski definition) is 5. The minimum Gasteiger partial charge on any atom is -0.497 e. The Morgan fingerprint density at radius 1 is 0.844 bits per heavy atom. The van der Waals surface area contributed by atoms with E-state index < -0.39 is 10.0 Å². The molecule has 1 saturated heterocycles. The van der Waals surface area contributed by atoms with Crippen molar-refractivity contribution in [2.45, 2.75) is 10.9 Å². The number of nitrogens with zero attached hydrogens (tertiary/aromatic N) is 2. The lowest BCUT2D eigenvalue weighted by Crippen LogP contribution is -2.49. The third-order valence-electron chi connectivity index (χ3n) is 5.80. The van der Waals surface area contributed by atoms with Gasteiger partial charge in [-0.25, -0.2) is 13.1 Å². The van der Waals surface area contributed by atoms with Crippen molar-refractivity contribution in [3.8, 4) is 5.75 Å². The van der Waals surface area contributed by atoms with Crippen LogP contribution in [-0.2, 0) is 10.0 Å². The van der Waals surface area contributed by atoms with Crippen molar-refractivity contribution >= 4 is 15.7 Å². The van der Waals surface area contributed by atoms with Crippen LogP contribution >= 0.6 is 0 Å². The van der Waals surface area contributed by atoms with Crippen molar-refractivity contribution in [3.63, 3.8) is 0 Å². The summed E-state index contributed by atoms with van der Waals surface area (Å²) in [5, 5.41) is 0. The average molecular weight is 452 g/mol. The van der Waals surface area contributed by atoms with Crippen LogP contribution in [0.2, 0.25) is 0 Å². The summed E-state index contributed by atoms with van der Waals surface area (Å²) in [4.78, 5) is 4.96. The number of sulfonamides is 1. The zero-order valence-electron chi connectivity index (χ0n) is 18.2. The van der Waals surface area contributed by atoms with Crippen molar-refractivity contribution in [2.75, 3.05) is 44.7 Å². The fraction of sp³-hybridized carbons (Fsp3) is 0.280. The fourth-order valence-electron chi connectivity index (χ4n) is 3.99. The second-order valence-corrected chi connectivity index (χ2v) is 9.60. The maximum atomic E-state index is 13.0. The van der Waals surface area contributed by atoms with Crippen LogP contribution in [0.4, 0.5) is 5.69 Å². The molecule has 0 amide bonds. The van der Waals surface area contributed by atoms with E-state index in [0.29, 0.717) is 6.54 Å². The molecule has 0 bridgehead atoms. The van der Waals surface area contributed by atoms with Gasteiger partial charge in [0, 0.05) is 38.4 Å². The van der Waals surface area contributed by atoms with Gasteiger partial charge in [0.2, 0.25) is 10.0 Å². The summed E-state index contributed by atoms with van der Waals surface area (Å²) in [5.74, 6) is 0.851. The Hall–Kier alpha value is -2.87. The van der Waals surface area contributed by atoms with Crippen molar-refractivity contribution in [3.05, 3.63) is 90.5 Å². The molecule has 1 aliphatic heterocycles. The molecule has 0 aliphatic carbocycles. The summed E-state index contributed by atoms with van der Waals surface area (Å²) < 4.78 is 34.2. The van der Waals surface area contributed by atoms with Crippen LogP contribution in [0.25, 0.3) is 0 Å². The first kappa shape index (κ1) is 22.3. The summed E-state index contributed by atoms with van der Waals surface area (Å²) in [5.41, 5.74) is 2.14. The first-order chi connectivity index (χ1) is 15.5. The normalized spacial score (nSPS) is 16.0. The predicted molar refractivity (Wildman–Crippen MR) is 128 cm³/mol. The minimum absolute atomic E-state index is 0.283. The average Bonchev–Trinajstić information content (AvgIpc) is 2.85. The van der Waals surface area contributed by atoms with E-state index in [9.17, 15) is 8.42 Å². The van der Waals surface area contributed by atoms with E-state index in [0.717, 1.165) is 37.5 Å². The Kier molecular flexibility index (Phi) is 7.09. The number of piperazine rings is 1. The number of anilines is 1. The van der Waals surface area contributed by atoms with Gasteiger partial charge in [-0.2, -0.15) is 0 Å². The van der Waals surface area contributed by atoms with E-state index in [1.54, 1.807) is 31.4 Å². The van der Waals surface area contributed by atoms with Gasteiger partial charge in [-0.05, 0) is 42.0 Å². The van der Waals surface area contributed by atoms with E-state index >= 15 is 0 Å². The first-order valence-electron chi connectivity index (χ1n) is 10.8. The van der Waals surface area contributed by atoms with E-state index in [1.807, 2.05) is 48.5 Å². The van der Waals surface area contributed by atoms with Gasteiger partial charge in [-0.1, -0.05) is 48.5 Å². The molecule has 3 aromatic carbocycles. The summed E-state index contributed by atoms with van der Waals surface area (Å²) in [6.45, 7) is 4.12. The highest BCUT2D eigenvalue weighted by Crippen LogP contribution is 2.23. The summed E-state index contributed by atoms with van der Waals surface area (Å²) in [6, 6.07) is 26.1. The molecule has 6 nitrogen and oxygen atoms in total. The molecule has 0 radical (unpaired) electrons. The number of methoxy groups -OCH3 is 1. The Bertz CT molecular complexity index is 1080. The molecule has 7 heteroatoms. The Balaban J connectivity index is 1.44. The molecule has 3 aromatic rings. The molecule has 4 rings (SSSR count). The monoisotopic (exact) mass is 451 g/mol. The van der Waals surface area contributed by atoms with E-state index in [1.165, 1.54) is 5.69 Å². The van der Waals surface area contributed by atoms with Crippen molar-refractivity contribution < 1.29 is 13.2 Å². The third kappa shape index (κ3) is 5.48. The summed E-state index contributed by atoms with van der Waals surface area (Å²) in [6.07, 6.45) is 0. The minimum atomic E-state index is -3.62. The molecule has 168 valence electrons. The van der Waals surface area contributed by atoms with Gasteiger partial charge in [0.15, 0.2) is 0 Å². The van der Waals surface area contributed by atoms with Crippen LogP contribution in [0, 0.1) is 0 Å².